The molecule has 0 heterocycles. The number of nitrogens with two attached hydrogens (primary N) is 1. The first kappa shape index (κ1) is 11.3. The second-order valence-corrected chi connectivity index (χ2v) is 5.88. The van der Waals surface area contributed by atoms with Crippen LogP contribution in [0.3, 0.4) is 0 Å². The highest BCUT2D eigenvalue weighted by Gasteiger charge is 2.27. The molecule has 2 N–H and O–H groups in total. The van der Waals surface area contributed by atoms with Gasteiger partial charge in [-0.15, -0.1) is 0 Å². The molecule has 92 valence electrons. The Labute approximate surface area is 104 Å². The summed E-state index contributed by atoms with van der Waals surface area (Å²) in [5, 5.41) is 0. The highest BCUT2D eigenvalue weighted by atomic mass is 14.6. The molecule has 1 nitrogen and oxygen atoms in total. The maximum Gasteiger partial charge on any atom is 0.00446 e. The molecule has 0 radical (unpaired) electrons. The van der Waals surface area contributed by atoms with Crippen LogP contribution in [-0.2, 0) is 0 Å². The van der Waals surface area contributed by atoms with Crippen LogP contribution in [0.4, 0.5) is 0 Å². The third-order valence-electron chi connectivity index (χ3n) is 4.70. The topological polar surface area (TPSA) is 26.0 Å². The Kier molecular flexibility index (Phi) is 3.19. The van der Waals surface area contributed by atoms with Crippen LogP contribution in [0.5, 0.6) is 0 Å². The van der Waals surface area contributed by atoms with Gasteiger partial charge in [0.25, 0.3) is 0 Å². The summed E-state index contributed by atoms with van der Waals surface area (Å²) < 4.78 is 0. The molecular weight excluding hydrogens is 206 g/mol. The van der Waals surface area contributed by atoms with Gasteiger partial charge in [0.05, 0.1) is 0 Å². The molecule has 0 aromatic heterocycles. The standard InChI is InChI=1S/C16H23N/c17-14-8-4-7-13(11-14)16-10-2-1-9-15(16)12-5-3-6-12/h1-2,9-10,12-14H,3-8,11,17H2. The Morgan fingerprint density at radius 3 is 2.00 bits per heavy atom. The van der Waals surface area contributed by atoms with Crippen molar-refractivity contribution in [3.05, 3.63) is 35.4 Å². The van der Waals surface area contributed by atoms with E-state index in [4.69, 9.17) is 5.73 Å². The van der Waals surface area contributed by atoms with Gasteiger partial charge in [-0.3, -0.25) is 0 Å². The molecule has 2 unspecified atom stereocenters. The van der Waals surface area contributed by atoms with E-state index in [1.54, 1.807) is 11.1 Å². The molecule has 17 heavy (non-hydrogen) atoms. The normalized spacial score (nSPS) is 29.9. The third kappa shape index (κ3) is 2.26. The van der Waals surface area contributed by atoms with Gasteiger partial charge >= 0.3 is 0 Å². The van der Waals surface area contributed by atoms with Crippen LogP contribution in [0.25, 0.3) is 0 Å². The van der Waals surface area contributed by atoms with Crippen molar-refractivity contribution in [1.29, 1.82) is 0 Å². The van der Waals surface area contributed by atoms with E-state index in [1.807, 2.05) is 0 Å². The second-order valence-electron chi connectivity index (χ2n) is 5.88. The minimum Gasteiger partial charge on any atom is -0.328 e. The van der Waals surface area contributed by atoms with Crippen LogP contribution < -0.4 is 5.73 Å². The van der Waals surface area contributed by atoms with E-state index in [2.05, 4.69) is 24.3 Å². The molecule has 1 aromatic carbocycles. The molecule has 0 spiro atoms. The maximum absolute atomic E-state index is 6.14. The maximum atomic E-state index is 6.14. The SMILES string of the molecule is NC1CCCC(c2ccccc2C2CCC2)C1. The fraction of sp³-hybridized carbons (Fsp3) is 0.625. The van der Waals surface area contributed by atoms with Gasteiger partial charge < -0.3 is 5.73 Å². The lowest BCUT2D eigenvalue weighted by atomic mass is 9.73. The molecule has 3 rings (SSSR count). The Morgan fingerprint density at radius 2 is 1.41 bits per heavy atom. The van der Waals surface area contributed by atoms with E-state index in [9.17, 15) is 0 Å². The lowest BCUT2D eigenvalue weighted by Gasteiger charge is -2.33. The third-order valence-corrected chi connectivity index (χ3v) is 4.70. The van der Waals surface area contributed by atoms with E-state index in [-0.39, 0.29) is 0 Å². The molecule has 0 amide bonds. The molecule has 2 aliphatic rings. The number of rotatable bonds is 2. The lowest BCUT2D eigenvalue weighted by Crippen LogP contribution is -2.27. The Morgan fingerprint density at radius 1 is 0.824 bits per heavy atom. The summed E-state index contributed by atoms with van der Waals surface area (Å²) in [5.41, 5.74) is 9.39. The van der Waals surface area contributed by atoms with Crippen molar-refractivity contribution in [3.63, 3.8) is 0 Å². The molecule has 2 fully saturated rings. The smallest absolute Gasteiger partial charge is 0.00446 e. The van der Waals surface area contributed by atoms with Crippen molar-refractivity contribution in [2.24, 2.45) is 5.73 Å². The van der Waals surface area contributed by atoms with Crippen molar-refractivity contribution in [1.82, 2.24) is 0 Å². The van der Waals surface area contributed by atoms with Gasteiger partial charge in [-0.05, 0) is 55.1 Å². The summed E-state index contributed by atoms with van der Waals surface area (Å²) >= 11 is 0. The van der Waals surface area contributed by atoms with E-state index in [1.165, 1.54) is 44.9 Å². The van der Waals surface area contributed by atoms with Gasteiger partial charge in [0.15, 0.2) is 0 Å². The first-order chi connectivity index (χ1) is 8.34. The zero-order valence-electron chi connectivity index (χ0n) is 10.6. The molecule has 2 saturated carbocycles. The minimum atomic E-state index is 0.434. The van der Waals surface area contributed by atoms with Gasteiger partial charge in [0, 0.05) is 6.04 Å². The predicted molar refractivity (Wildman–Crippen MR) is 72.2 cm³/mol. The second kappa shape index (κ2) is 4.81. The molecule has 1 aromatic rings. The fourth-order valence-electron chi connectivity index (χ4n) is 3.48. The molecule has 0 saturated heterocycles. The molecular formula is C16H23N. The quantitative estimate of drug-likeness (QED) is 0.816. The average Bonchev–Trinajstić information content (AvgIpc) is 2.27. The average molecular weight is 229 g/mol. The van der Waals surface area contributed by atoms with Gasteiger partial charge in [0.1, 0.15) is 0 Å². The van der Waals surface area contributed by atoms with Crippen LogP contribution in [-0.4, -0.2) is 6.04 Å². The van der Waals surface area contributed by atoms with Gasteiger partial charge in [-0.25, -0.2) is 0 Å². The lowest BCUT2D eigenvalue weighted by molar-refractivity contribution is 0.378. The number of hydrogen-bond donors (Lipinski definition) is 1. The molecule has 0 bridgehead atoms. The summed E-state index contributed by atoms with van der Waals surface area (Å²) in [5.74, 6) is 1.58. The van der Waals surface area contributed by atoms with Crippen LogP contribution in [0.15, 0.2) is 24.3 Å². The van der Waals surface area contributed by atoms with E-state index in [0.717, 1.165) is 11.8 Å². The van der Waals surface area contributed by atoms with Gasteiger partial charge in [-0.1, -0.05) is 37.1 Å². The molecule has 1 heteroatoms. The summed E-state index contributed by atoms with van der Waals surface area (Å²) in [6, 6.07) is 9.57. The highest BCUT2D eigenvalue weighted by Crippen LogP contribution is 2.42. The van der Waals surface area contributed by atoms with E-state index in [0.29, 0.717) is 6.04 Å². The van der Waals surface area contributed by atoms with Gasteiger partial charge in [-0.2, -0.15) is 0 Å². The Hall–Kier alpha value is -0.820. The van der Waals surface area contributed by atoms with Crippen LogP contribution in [0.2, 0.25) is 0 Å². The van der Waals surface area contributed by atoms with Crippen molar-refractivity contribution in [2.75, 3.05) is 0 Å². The van der Waals surface area contributed by atoms with E-state index >= 15 is 0 Å². The van der Waals surface area contributed by atoms with Gasteiger partial charge in [0.2, 0.25) is 0 Å². The van der Waals surface area contributed by atoms with Crippen LogP contribution in [0, 0.1) is 0 Å². The highest BCUT2D eigenvalue weighted by molar-refractivity contribution is 5.35. The Bertz CT molecular complexity index is 381. The summed E-state index contributed by atoms with van der Waals surface area (Å²) in [6.45, 7) is 0. The summed E-state index contributed by atoms with van der Waals surface area (Å²) in [4.78, 5) is 0. The summed E-state index contributed by atoms with van der Waals surface area (Å²) in [6.07, 6.45) is 9.29. The Balaban J connectivity index is 1.85. The number of benzene rings is 1. The zero-order chi connectivity index (χ0) is 11.7. The molecule has 2 atom stereocenters. The first-order valence-electron chi connectivity index (χ1n) is 7.19. The molecule has 2 aliphatic carbocycles. The van der Waals surface area contributed by atoms with E-state index < -0.39 is 0 Å². The minimum absolute atomic E-state index is 0.434. The number of hydrogen-bond acceptors (Lipinski definition) is 1. The van der Waals surface area contributed by atoms with Crippen LogP contribution >= 0.6 is 0 Å². The van der Waals surface area contributed by atoms with Crippen molar-refractivity contribution < 1.29 is 0 Å². The zero-order valence-corrected chi connectivity index (χ0v) is 10.6. The van der Waals surface area contributed by atoms with Crippen molar-refractivity contribution in [3.8, 4) is 0 Å². The monoisotopic (exact) mass is 229 g/mol. The fourth-order valence-corrected chi connectivity index (χ4v) is 3.48. The summed E-state index contributed by atoms with van der Waals surface area (Å²) in [7, 11) is 0. The largest absolute Gasteiger partial charge is 0.328 e. The predicted octanol–water partition coefficient (Wildman–Crippen LogP) is 3.94. The first-order valence-corrected chi connectivity index (χ1v) is 7.19. The van der Waals surface area contributed by atoms with Crippen molar-refractivity contribution >= 4 is 0 Å². The molecule has 0 aliphatic heterocycles. The van der Waals surface area contributed by atoms with Crippen molar-refractivity contribution in [2.45, 2.75) is 62.8 Å². The van der Waals surface area contributed by atoms with Crippen LogP contribution in [0.1, 0.15) is 67.9 Å².